The third kappa shape index (κ3) is 2.99. The lowest BCUT2D eigenvalue weighted by Gasteiger charge is -2.10. The second kappa shape index (κ2) is 6.57. The molecule has 130 valence electrons. The molecule has 0 fully saturated rings. The molecule has 0 aliphatic heterocycles. The van der Waals surface area contributed by atoms with Gasteiger partial charge in [0, 0.05) is 23.1 Å². The molecule has 4 aromatic rings. The van der Waals surface area contributed by atoms with Crippen LogP contribution >= 0.6 is 0 Å². The Bertz CT molecular complexity index is 1110. The number of aryl methyl sites for hydroxylation is 2. The summed E-state index contributed by atoms with van der Waals surface area (Å²) in [6.45, 7) is 6.76. The smallest absolute Gasteiger partial charge is 0.194 e. The lowest BCUT2D eigenvalue weighted by molar-refractivity contribution is -0.633. The van der Waals surface area contributed by atoms with Gasteiger partial charge in [0.15, 0.2) is 0 Å². The topological polar surface area (TPSA) is 3.88 Å². The maximum atomic E-state index is 2.36. The molecule has 0 saturated carbocycles. The lowest BCUT2D eigenvalue weighted by Crippen LogP contribution is -2.32. The molecule has 0 N–H and O–H groups in total. The van der Waals surface area contributed by atoms with Crippen molar-refractivity contribution in [2.75, 3.05) is 0 Å². The number of hydrogen-bond acceptors (Lipinski definition) is 0. The molecule has 0 amide bonds. The second-order valence-electron chi connectivity index (χ2n) is 7.78. The fourth-order valence-corrected chi connectivity index (χ4v) is 3.93. The van der Waals surface area contributed by atoms with E-state index in [0.29, 0.717) is 5.92 Å². The van der Waals surface area contributed by atoms with Gasteiger partial charge >= 0.3 is 0 Å². The van der Waals surface area contributed by atoms with Gasteiger partial charge in [-0.05, 0) is 59.4 Å². The minimum Gasteiger partial charge on any atom is -0.194 e. The van der Waals surface area contributed by atoms with Crippen LogP contribution in [0, 0.1) is 12.8 Å². The number of hydrogen-bond donors (Lipinski definition) is 0. The van der Waals surface area contributed by atoms with Crippen LogP contribution in [-0.2, 0) is 13.5 Å². The van der Waals surface area contributed by atoms with Crippen molar-refractivity contribution in [1.29, 1.82) is 0 Å². The molecule has 0 saturated heterocycles. The lowest BCUT2D eigenvalue weighted by atomic mass is 9.97. The SMILES string of the molecule is Cc1cc2ccccc2cc1-c1ccc2ccc(CC(C)C)cc2[n+]1C. The first kappa shape index (κ1) is 16.8. The Hall–Kier alpha value is -2.67. The van der Waals surface area contributed by atoms with E-state index in [0.717, 1.165) is 6.42 Å². The first-order chi connectivity index (χ1) is 12.5. The molecule has 0 aliphatic rings. The number of aromatic nitrogens is 1. The highest BCUT2D eigenvalue weighted by Crippen LogP contribution is 2.28. The van der Waals surface area contributed by atoms with Crippen LogP contribution in [0.4, 0.5) is 0 Å². The maximum Gasteiger partial charge on any atom is 0.213 e. The standard InChI is InChI=1S/C25H26N/c1-17(2)13-19-9-10-20-11-12-24(26(4)25(20)15-19)23-16-22-8-6-5-7-21(22)14-18(23)3/h5-12,14-17H,13H2,1-4H3/q+1. The van der Waals surface area contributed by atoms with Crippen LogP contribution in [0.2, 0.25) is 0 Å². The molecular weight excluding hydrogens is 314 g/mol. The van der Waals surface area contributed by atoms with Gasteiger partial charge in [-0.25, -0.2) is 0 Å². The zero-order valence-corrected chi connectivity index (χ0v) is 16.1. The monoisotopic (exact) mass is 340 g/mol. The average molecular weight is 340 g/mol. The van der Waals surface area contributed by atoms with Crippen LogP contribution in [0.3, 0.4) is 0 Å². The number of pyridine rings is 1. The Morgan fingerprint density at radius 1 is 0.808 bits per heavy atom. The molecule has 0 radical (unpaired) electrons. The molecule has 1 heteroatoms. The second-order valence-corrected chi connectivity index (χ2v) is 7.78. The highest BCUT2D eigenvalue weighted by molar-refractivity contribution is 5.88. The van der Waals surface area contributed by atoms with Crippen LogP contribution in [0.15, 0.2) is 66.7 Å². The Labute approximate surface area is 155 Å². The van der Waals surface area contributed by atoms with Gasteiger partial charge in [-0.2, -0.15) is 4.57 Å². The minimum absolute atomic E-state index is 0.670. The van der Waals surface area contributed by atoms with Gasteiger partial charge in [-0.15, -0.1) is 0 Å². The largest absolute Gasteiger partial charge is 0.213 e. The van der Waals surface area contributed by atoms with E-state index in [1.54, 1.807) is 0 Å². The average Bonchev–Trinajstić information content (AvgIpc) is 2.62. The normalized spacial score (nSPS) is 11.6. The van der Waals surface area contributed by atoms with Gasteiger partial charge < -0.3 is 0 Å². The molecular formula is C25H26N+. The van der Waals surface area contributed by atoms with Crippen LogP contribution in [0.5, 0.6) is 0 Å². The molecule has 1 aromatic heterocycles. The number of benzene rings is 3. The van der Waals surface area contributed by atoms with E-state index in [1.807, 2.05) is 0 Å². The maximum absolute atomic E-state index is 2.36. The summed E-state index contributed by atoms with van der Waals surface area (Å²) in [4.78, 5) is 0. The summed E-state index contributed by atoms with van der Waals surface area (Å²) in [6, 6.07) is 24.6. The van der Waals surface area contributed by atoms with Crippen molar-refractivity contribution in [3.8, 4) is 11.3 Å². The quantitative estimate of drug-likeness (QED) is 0.403. The zero-order chi connectivity index (χ0) is 18.3. The van der Waals surface area contributed by atoms with Gasteiger partial charge in [0.25, 0.3) is 0 Å². The van der Waals surface area contributed by atoms with Crippen molar-refractivity contribution in [2.24, 2.45) is 13.0 Å². The summed E-state index contributed by atoms with van der Waals surface area (Å²) in [6.07, 6.45) is 1.12. The molecule has 0 unspecified atom stereocenters. The van der Waals surface area contributed by atoms with E-state index in [-0.39, 0.29) is 0 Å². The van der Waals surface area contributed by atoms with Gasteiger partial charge in [-0.1, -0.05) is 50.2 Å². The summed E-state index contributed by atoms with van der Waals surface area (Å²) in [7, 11) is 2.19. The van der Waals surface area contributed by atoms with Crippen LogP contribution in [-0.4, -0.2) is 0 Å². The summed E-state index contributed by atoms with van der Waals surface area (Å²) in [5.41, 5.74) is 6.60. The first-order valence-electron chi connectivity index (χ1n) is 9.44. The third-order valence-corrected chi connectivity index (χ3v) is 5.25. The van der Waals surface area contributed by atoms with Crippen molar-refractivity contribution < 1.29 is 4.57 Å². The van der Waals surface area contributed by atoms with Gasteiger partial charge in [0.05, 0.1) is 0 Å². The Kier molecular flexibility index (Phi) is 4.24. The van der Waals surface area contributed by atoms with Gasteiger partial charge in [-0.3, -0.25) is 0 Å². The summed E-state index contributed by atoms with van der Waals surface area (Å²) in [5.74, 6) is 0.670. The van der Waals surface area contributed by atoms with Crippen LogP contribution in [0.1, 0.15) is 25.0 Å². The molecule has 4 rings (SSSR count). The van der Waals surface area contributed by atoms with E-state index < -0.39 is 0 Å². The van der Waals surface area contributed by atoms with E-state index in [1.165, 1.54) is 44.1 Å². The van der Waals surface area contributed by atoms with Crippen molar-refractivity contribution in [3.63, 3.8) is 0 Å². The van der Waals surface area contributed by atoms with Crippen molar-refractivity contribution in [2.45, 2.75) is 27.2 Å². The van der Waals surface area contributed by atoms with Crippen molar-refractivity contribution in [3.05, 3.63) is 77.9 Å². The zero-order valence-electron chi connectivity index (χ0n) is 16.1. The predicted octanol–water partition coefficient (Wildman–Crippen LogP) is 5.99. The highest BCUT2D eigenvalue weighted by atomic mass is 14.9. The fraction of sp³-hybridized carbons (Fsp3) is 0.240. The first-order valence-corrected chi connectivity index (χ1v) is 9.44. The fourth-order valence-electron chi connectivity index (χ4n) is 3.93. The number of rotatable bonds is 3. The minimum atomic E-state index is 0.670. The molecule has 0 spiro atoms. The number of fused-ring (bicyclic) bond motifs is 2. The van der Waals surface area contributed by atoms with Gasteiger partial charge in [0.2, 0.25) is 11.2 Å². The summed E-state index contributed by atoms with van der Waals surface area (Å²) in [5, 5.41) is 3.89. The van der Waals surface area contributed by atoms with E-state index in [9.17, 15) is 0 Å². The number of nitrogens with zero attached hydrogens (tertiary/aromatic N) is 1. The molecule has 26 heavy (non-hydrogen) atoms. The van der Waals surface area contributed by atoms with E-state index in [2.05, 4.69) is 99.1 Å². The Morgan fingerprint density at radius 3 is 2.23 bits per heavy atom. The molecule has 1 nitrogen and oxygen atoms in total. The van der Waals surface area contributed by atoms with Crippen LogP contribution in [0.25, 0.3) is 32.9 Å². The highest BCUT2D eigenvalue weighted by Gasteiger charge is 2.17. The van der Waals surface area contributed by atoms with Crippen molar-refractivity contribution in [1.82, 2.24) is 0 Å². The summed E-state index contributed by atoms with van der Waals surface area (Å²) < 4.78 is 2.34. The summed E-state index contributed by atoms with van der Waals surface area (Å²) >= 11 is 0. The molecule has 1 heterocycles. The van der Waals surface area contributed by atoms with E-state index in [4.69, 9.17) is 0 Å². The predicted molar refractivity (Wildman–Crippen MR) is 111 cm³/mol. The van der Waals surface area contributed by atoms with Gasteiger partial charge in [0.1, 0.15) is 7.05 Å². The van der Waals surface area contributed by atoms with Crippen LogP contribution < -0.4 is 4.57 Å². The Morgan fingerprint density at radius 2 is 1.50 bits per heavy atom. The molecule has 3 aromatic carbocycles. The Balaban J connectivity index is 1.91. The van der Waals surface area contributed by atoms with Crippen molar-refractivity contribution >= 4 is 21.7 Å². The molecule has 0 atom stereocenters. The third-order valence-electron chi connectivity index (χ3n) is 5.25. The molecule has 0 bridgehead atoms. The van der Waals surface area contributed by atoms with E-state index >= 15 is 0 Å². The molecule has 0 aliphatic carbocycles.